The first kappa shape index (κ1) is 33.9. The van der Waals surface area contributed by atoms with Gasteiger partial charge in [0, 0.05) is 32.2 Å². The Morgan fingerprint density at radius 3 is 2.07 bits per heavy atom. The minimum absolute atomic E-state index is 0. The van der Waals surface area contributed by atoms with Crippen molar-refractivity contribution in [3.8, 4) is 11.3 Å². The van der Waals surface area contributed by atoms with Crippen molar-refractivity contribution in [2.45, 2.75) is 117 Å². The Morgan fingerprint density at radius 2 is 1.49 bits per heavy atom. The van der Waals surface area contributed by atoms with Crippen LogP contribution >= 0.6 is 0 Å². The Kier molecular flexibility index (Phi) is 12.2. The van der Waals surface area contributed by atoms with Crippen molar-refractivity contribution in [1.82, 2.24) is 4.98 Å². The zero-order valence-corrected chi connectivity index (χ0v) is 28.5. The number of nitrogens with zero attached hydrogens (tertiary/aromatic N) is 1. The molecule has 0 aliphatic heterocycles. The maximum Gasteiger partial charge on any atom is 0.0651 e. The Bertz CT molecular complexity index is 1220. The summed E-state index contributed by atoms with van der Waals surface area (Å²) >= 11 is 0. The molecule has 1 radical (unpaired) electrons. The van der Waals surface area contributed by atoms with Crippen LogP contribution in [0.2, 0.25) is 0 Å². The van der Waals surface area contributed by atoms with E-state index in [1.165, 1.54) is 35.6 Å². The molecular weight excluding hydrogens is 683 g/mol. The number of hydrogen-bond donors (Lipinski definition) is 2. The number of fused-ring (bicyclic) bond motifs is 2. The molecule has 3 aromatic rings. The van der Waals surface area contributed by atoms with E-state index in [1.54, 1.807) is 0 Å². The normalized spacial score (nSPS) is 24.9. The Hall–Kier alpha value is -1.58. The molecule has 4 atom stereocenters. The number of aliphatic hydroxyl groups is 2. The van der Waals surface area contributed by atoms with Crippen molar-refractivity contribution < 1.29 is 30.3 Å². The van der Waals surface area contributed by atoms with Gasteiger partial charge in [0.1, 0.15) is 0 Å². The number of rotatable bonds is 6. The summed E-state index contributed by atoms with van der Waals surface area (Å²) in [4.78, 5) is 4.55. The van der Waals surface area contributed by atoms with Crippen LogP contribution in [0.3, 0.4) is 0 Å². The first-order chi connectivity index (χ1) is 19.3. The summed E-state index contributed by atoms with van der Waals surface area (Å²) in [6, 6.07) is 19.8. The van der Waals surface area contributed by atoms with E-state index in [4.69, 9.17) is 0 Å². The van der Waals surface area contributed by atoms with Crippen molar-refractivity contribution >= 4 is 10.8 Å². The number of aromatic nitrogens is 1. The Morgan fingerprint density at radius 1 is 0.829 bits per heavy atom. The van der Waals surface area contributed by atoms with Crippen LogP contribution in [0.5, 0.6) is 0 Å². The zero-order chi connectivity index (χ0) is 28.9. The van der Waals surface area contributed by atoms with E-state index in [1.807, 2.05) is 24.4 Å². The van der Waals surface area contributed by atoms with E-state index < -0.39 is 0 Å². The third-order valence-corrected chi connectivity index (χ3v) is 11.0. The number of aliphatic hydroxyl groups excluding tert-OH is 2. The van der Waals surface area contributed by atoms with E-state index in [-0.39, 0.29) is 49.1 Å². The second-order valence-electron chi connectivity index (χ2n) is 12.8. The first-order valence-electron chi connectivity index (χ1n) is 16.0. The second kappa shape index (κ2) is 14.7. The van der Waals surface area contributed by atoms with E-state index >= 15 is 0 Å². The monoisotopic (exact) mass is 735 g/mol. The molecule has 5 rings (SSSR count). The predicted molar refractivity (Wildman–Crippen MR) is 168 cm³/mol. The SMILES string of the molecule is CC(C)c1cccc2c(-c3[c-]cccc3)nccc12.CCC1(CC)CCCC2CCC(CC)(CC)C(O)C2C1O.[Ir]. The summed E-state index contributed by atoms with van der Waals surface area (Å²) in [5.74, 6) is 1.14. The third-order valence-electron chi connectivity index (χ3n) is 11.0. The van der Waals surface area contributed by atoms with Gasteiger partial charge in [-0.2, -0.15) is 0 Å². The summed E-state index contributed by atoms with van der Waals surface area (Å²) in [7, 11) is 0. The average Bonchev–Trinajstić information content (AvgIpc) is 3.14. The summed E-state index contributed by atoms with van der Waals surface area (Å²) in [6.45, 7) is 13.3. The molecule has 2 N–H and O–H groups in total. The van der Waals surface area contributed by atoms with E-state index in [9.17, 15) is 10.2 Å². The van der Waals surface area contributed by atoms with Gasteiger partial charge in [0.15, 0.2) is 0 Å². The molecular formula is C37H52IrNO2-. The fourth-order valence-corrected chi connectivity index (χ4v) is 8.05. The van der Waals surface area contributed by atoms with Gasteiger partial charge in [-0.25, -0.2) is 0 Å². The van der Waals surface area contributed by atoms with Gasteiger partial charge in [-0.3, -0.25) is 0 Å². The maximum atomic E-state index is 11.2. The van der Waals surface area contributed by atoms with Gasteiger partial charge >= 0.3 is 0 Å². The summed E-state index contributed by atoms with van der Waals surface area (Å²) < 4.78 is 0. The van der Waals surface area contributed by atoms with Crippen LogP contribution < -0.4 is 0 Å². The van der Waals surface area contributed by atoms with Crippen LogP contribution in [0.1, 0.15) is 111 Å². The molecule has 2 saturated carbocycles. The minimum Gasteiger partial charge on any atom is -0.392 e. The maximum absolute atomic E-state index is 11.2. The predicted octanol–water partition coefficient (Wildman–Crippen LogP) is 9.35. The van der Waals surface area contributed by atoms with Gasteiger partial charge < -0.3 is 15.2 Å². The van der Waals surface area contributed by atoms with Crippen molar-refractivity contribution in [3.05, 3.63) is 66.4 Å². The van der Waals surface area contributed by atoms with Crippen LogP contribution in [-0.2, 0) is 20.1 Å². The van der Waals surface area contributed by atoms with Crippen LogP contribution in [0.15, 0.2) is 54.7 Å². The minimum atomic E-state index is -0.326. The third kappa shape index (κ3) is 6.67. The van der Waals surface area contributed by atoms with Crippen LogP contribution in [0.4, 0.5) is 0 Å². The van der Waals surface area contributed by atoms with Crippen LogP contribution in [0, 0.1) is 28.7 Å². The molecule has 2 aromatic carbocycles. The molecule has 0 bridgehead atoms. The zero-order valence-electron chi connectivity index (χ0n) is 26.1. The number of benzene rings is 2. The fourth-order valence-electron chi connectivity index (χ4n) is 8.05. The van der Waals surface area contributed by atoms with Crippen molar-refractivity contribution in [3.63, 3.8) is 0 Å². The molecule has 227 valence electrons. The van der Waals surface area contributed by atoms with Crippen molar-refractivity contribution in [2.75, 3.05) is 0 Å². The molecule has 4 unspecified atom stereocenters. The molecule has 2 aliphatic carbocycles. The summed E-state index contributed by atoms with van der Waals surface area (Å²) in [5.41, 5.74) is 3.51. The second-order valence-corrected chi connectivity index (χ2v) is 12.8. The van der Waals surface area contributed by atoms with Gasteiger partial charge in [0.05, 0.1) is 12.2 Å². The van der Waals surface area contributed by atoms with Crippen molar-refractivity contribution in [2.24, 2.45) is 22.7 Å². The van der Waals surface area contributed by atoms with Gasteiger partial charge in [-0.05, 0) is 102 Å². The van der Waals surface area contributed by atoms with Crippen molar-refractivity contribution in [1.29, 1.82) is 0 Å². The molecule has 0 spiro atoms. The number of pyridine rings is 1. The van der Waals surface area contributed by atoms with Gasteiger partial charge in [0.25, 0.3) is 0 Å². The van der Waals surface area contributed by atoms with Crippen LogP contribution in [0.25, 0.3) is 22.0 Å². The Labute approximate surface area is 262 Å². The average molecular weight is 735 g/mol. The van der Waals surface area contributed by atoms with Gasteiger partial charge in [-0.15, -0.1) is 35.9 Å². The quantitative estimate of drug-likeness (QED) is 0.248. The molecule has 2 fully saturated rings. The number of hydrogen-bond acceptors (Lipinski definition) is 3. The molecule has 2 aliphatic rings. The van der Waals surface area contributed by atoms with E-state index in [0.29, 0.717) is 11.8 Å². The summed E-state index contributed by atoms with van der Waals surface area (Å²) in [5, 5.41) is 24.9. The standard InChI is InChI=1S/C19H36O2.C18H16N.Ir/c1-5-18(6-2)12-9-10-14-11-13-19(7-3,8-4)17(21)15(14)16(18)20;1-13(2)15-9-6-10-17-16(15)11-12-19-18(17)14-7-4-3-5-8-14;/h14-17,20-21H,5-13H2,1-4H3;3-7,9-13H,1-2H3;/q;-1;. The topological polar surface area (TPSA) is 53.4 Å². The van der Waals surface area contributed by atoms with Gasteiger partial charge in [-0.1, -0.05) is 66.2 Å². The summed E-state index contributed by atoms with van der Waals surface area (Å²) in [6.07, 6.45) is 11.3. The molecule has 1 heterocycles. The molecule has 0 saturated heterocycles. The molecule has 1 aromatic heterocycles. The molecule has 4 heteroatoms. The van der Waals surface area contributed by atoms with E-state index in [0.717, 1.165) is 49.8 Å². The smallest absolute Gasteiger partial charge is 0.0651 e. The Balaban J connectivity index is 0.000000221. The molecule has 3 nitrogen and oxygen atoms in total. The largest absolute Gasteiger partial charge is 0.392 e. The van der Waals surface area contributed by atoms with Gasteiger partial charge in [0.2, 0.25) is 0 Å². The first-order valence-corrected chi connectivity index (χ1v) is 16.0. The molecule has 0 amide bonds. The van der Waals surface area contributed by atoms with Crippen LogP contribution in [-0.4, -0.2) is 27.4 Å². The van der Waals surface area contributed by atoms with E-state index in [2.05, 4.69) is 82.9 Å². The molecule has 41 heavy (non-hydrogen) atoms. The fraction of sp³-hybridized carbons (Fsp3) is 0.595.